The lowest BCUT2D eigenvalue weighted by Gasteiger charge is -2.21. The molecule has 2 rings (SSSR count). The molecular weight excluding hydrogens is 377 g/mol. The van der Waals surface area contributed by atoms with Crippen LogP contribution >= 0.6 is 24.0 Å². The van der Waals surface area contributed by atoms with Crippen LogP contribution in [0.2, 0.25) is 0 Å². The van der Waals surface area contributed by atoms with Gasteiger partial charge in [-0.15, -0.1) is 24.0 Å². The summed E-state index contributed by atoms with van der Waals surface area (Å²) in [6, 6.07) is 8.25. The molecule has 1 aromatic rings. The van der Waals surface area contributed by atoms with Crippen molar-refractivity contribution in [3.63, 3.8) is 0 Å². The van der Waals surface area contributed by atoms with Crippen LogP contribution in [0.1, 0.15) is 38.2 Å². The van der Waals surface area contributed by atoms with E-state index in [9.17, 15) is 0 Å². The molecule has 0 aliphatic carbocycles. The van der Waals surface area contributed by atoms with Crippen LogP contribution in [0.25, 0.3) is 0 Å². The van der Waals surface area contributed by atoms with Crippen LogP contribution in [0.15, 0.2) is 29.3 Å². The first kappa shape index (κ1) is 18.2. The van der Waals surface area contributed by atoms with Crippen LogP contribution in [-0.2, 0) is 11.2 Å². The number of hydrogen-bond acceptors (Lipinski definition) is 2. The van der Waals surface area contributed by atoms with E-state index in [1.54, 1.807) is 0 Å². The predicted molar refractivity (Wildman–Crippen MR) is 99.6 cm³/mol. The molecule has 5 heteroatoms. The first-order chi connectivity index (χ1) is 9.78. The minimum absolute atomic E-state index is 0. The molecule has 1 atom stereocenters. The summed E-state index contributed by atoms with van der Waals surface area (Å²) >= 11 is 0. The highest BCUT2D eigenvalue weighted by molar-refractivity contribution is 14.0. The number of ether oxygens (including phenoxy) is 1. The highest BCUT2D eigenvalue weighted by Crippen LogP contribution is 2.15. The molecule has 0 amide bonds. The second-order valence-electron chi connectivity index (χ2n) is 5.22. The van der Waals surface area contributed by atoms with Crippen LogP contribution in [0, 0.1) is 0 Å². The van der Waals surface area contributed by atoms with Crippen molar-refractivity contribution in [1.29, 1.82) is 0 Å². The van der Waals surface area contributed by atoms with Gasteiger partial charge in [0.05, 0.1) is 6.10 Å². The molecule has 0 radical (unpaired) electrons. The lowest BCUT2D eigenvalue weighted by Crippen LogP contribution is -2.24. The number of hydrogen-bond donors (Lipinski definition) is 2. The fraction of sp³-hybridized carbons (Fsp3) is 0.562. The number of nitrogens with one attached hydrogen (secondary N) is 1. The van der Waals surface area contributed by atoms with Crippen LogP contribution in [0.4, 0.5) is 5.69 Å². The van der Waals surface area contributed by atoms with Crippen molar-refractivity contribution in [1.82, 2.24) is 0 Å². The van der Waals surface area contributed by atoms with Gasteiger partial charge in [0.15, 0.2) is 5.96 Å². The number of rotatable bonds is 5. The Kier molecular flexibility index (Phi) is 8.68. The third kappa shape index (κ3) is 6.65. The van der Waals surface area contributed by atoms with Crippen molar-refractivity contribution in [2.24, 2.45) is 10.7 Å². The van der Waals surface area contributed by atoms with Crippen LogP contribution in [0.5, 0.6) is 0 Å². The first-order valence-electron chi connectivity index (χ1n) is 7.55. The summed E-state index contributed by atoms with van der Waals surface area (Å²) in [5, 5.41) is 3.14. The number of nitrogens with two attached hydrogens (primary N) is 1. The molecule has 1 heterocycles. The Bertz CT molecular complexity index is 445. The third-order valence-electron chi connectivity index (χ3n) is 3.61. The summed E-state index contributed by atoms with van der Waals surface area (Å²) in [5.74, 6) is 0.481. The van der Waals surface area contributed by atoms with E-state index >= 15 is 0 Å². The number of aliphatic imine (C=N–C) groups is 1. The van der Waals surface area contributed by atoms with Gasteiger partial charge in [-0.1, -0.05) is 19.1 Å². The molecule has 1 fully saturated rings. The molecule has 0 spiro atoms. The highest BCUT2D eigenvalue weighted by atomic mass is 127. The van der Waals surface area contributed by atoms with E-state index < -0.39 is 0 Å². The van der Waals surface area contributed by atoms with Crippen molar-refractivity contribution in [3.05, 3.63) is 29.8 Å². The maximum atomic E-state index is 5.91. The fourth-order valence-electron chi connectivity index (χ4n) is 2.42. The molecule has 0 bridgehead atoms. The summed E-state index contributed by atoms with van der Waals surface area (Å²) in [6.45, 7) is 3.75. The van der Waals surface area contributed by atoms with Crippen LogP contribution in [0.3, 0.4) is 0 Å². The van der Waals surface area contributed by atoms with Crippen molar-refractivity contribution in [2.45, 2.75) is 45.1 Å². The topological polar surface area (TPSA) is 59.6 Å². The van der Waals surface area contributed by atoms with Gasteiger partial charge in [-0.25, -0.2) is 0 Å². The number of aryl methyl sites for hydroxylation is 1. The molecule has 1 aliphatic rings. The van der Waals surface area contributed by atoms with E-state index in [2.05, 4.69) is 29.4 Å². The Labute approximate surface area is 144 Å². The van der Waals surface area contributed by atoms with E-state index in [1.807, 2.05) is 12.1 Å². The van der Waals surface area contributed by atoms with Gasteiger partial charge in [0, 0.05) is 18.8 Å². The second-order valence-corrected chi connectivity index (χ2v) is 5.22. The summed E-state index contributed by atoms with van der Waals surface area (Å²) in [6.07, 6.45) is 5.96. The van der Waals surface area contributed by atoms with Crippen LogP contribution in [-0.4, -0.2) is 25.2 Å². The monoisotopic (exact) mass is 403 g/mol. The average molecular weight is 403 g/mol. The lowest BCUT2D eigenvalue weighted by atomic mass is 10.1. The van der Waals surface area contributed by atoms with Crippen molar-refractivity contribution >= 4 is 35.6 Å². The summed E-state index contributed by atoms with van der Waals surface area (Å²) in [7, 11) is 0. The average Bonchev–Trinajstić information content (AvgIpc) is 2.48. The van der Waals surface area contributed by atoms with E-state index in [0.717, 1.165) is 38.1 Å². The summed E-state index contributed by atoms with van der Waals surface area (Å²) in [4.78, 5) is 4.37. The minimum atomic E-state index is 0. The highest BCUT2D eigenvalue weighted by Gasteiger charge is 2.12. The molecule has 1 saturated heterocycles. The maximum absolute atomic E-state index is 5.91. The fourth-order valence-corrected chi connectivity index (χ4v) is 2.42. The number of halogens is 1. The molecule has 4 nitrogen and oxygen atoms in total. The van der Waals surface area contributed by atoms with Crippen LogP contribution < -0.4 is 11.1 Å². The van der Waals surface area contributed by atoms with Gasteiger partial charge in [0.1, 0.15) is 0 Å². The number of nitrogens with zero attached hydrogens (tertiary/aromatic N) is 1. The van der Waals surface area contributed by atoms with Gasteiger partial charge in [-0.3, -0.25) is 4.99 Å². The standard InChI is InChI=1S/C16H25N3O.HI/c1-2-13-6-5-7-14(12-13)19-16(17)18-10-9-15-8-3-4-11-20-15;/h5-7,12,15H,2-4,8-11H2,1H3,(H3,17,18,19);1H. The minimum Gasteiger partial charge on any atom is -0.378 e. The van der Waals surface area contributed by atoms with E-state index in [4.69, 9.17) is 10.5 Å². The Hall–Kier alpha value is -0.820. The number of benzene rings is 1. The smallest absolute Gasteiger partial charge is 0.193 e. The Morgan fingerprint density at radius 2 is 2.29 bits per heavy atom. The predicted octanol–water partition coefficient (Wildman–Crippen LogP) is 3.55. The van der Waals surface area contributed by atoms with E-state index in [-0.39, 0.29) is 24.0 Å². The van der Waals surface area contributed by atoms with Crippen molar-refractivity contribution in [2.75, 3.05) is 18.5 Å². The van der Waals surface area contributed by atoms with Crippen molar-refractivity contribution in [3.8, 4) is 0 Å². The van der Waals surface area contributed by atoms with E-state index in [1.165, 1.54) is 18.4 Å². The Balaban J connectivity index is 0.00000220. The number of anilines is 1. The summed E-state index contributed by atoms with van der Waals surface area (Å²) < 4.78 is 5.68. The molecule has 118 valence electrons. The molecule has 0 saturated carbocycles. The number of guanidine groups is 1. The normalized spacial score (nSPS) is 18.9. The molecular formula is C16H26IN3O. The molecule has 1 aliphatic heterocycles. The second kappa shape index (κ2) is 10.00. The zero-order valence-corrected chi connectivity index (χ0v) is 15.0. The zero-order valence-electron chi connectivity index (χ0n) is 12.7. The Morgan fingerprint density at radius 3 is 3.00 bits per heavy atom. The van der Waals surface area contributed by atoms with Gasteiger partial charge in [0.25, 0.3) is 0 Å². The van der Waals surface area contributed by atoms with E-state index in [0.29, 0.717) is 12.1 Å². The van der Waals surface area contributed by atoms with Crippen molar-refractivity contribution < 1.29 is 4.74 Å². The largest absolute Gasteiger partial charge is 0.378 e. The zero-order chi connectivity index (χ0) is 14.2. The molecule has 21 heavy (non-hydrogen) atoms. The van der Waals surface area contributed by atoms with Gasteiger partial charge in [-0.2, -0.15) is 0 Å². The molecule has 3 N–H and O–H groups in total. The maximum Gasteiger partial charge on any atom is 0.193 e. The molecule has 1 unspecified atom stereocenters. The van der Waals surface area contributed by atoms with Gasteiger partial charge < -0.3 is 15.8 Å². The van der Waals surface area contributed by atoms with Gasteiger partial charge >= 0.3 is 0 Å². The third-order valence-corrected chi connectivity index (χ3v) is 3.61. The van der Waals surface area contributed by atoms with Gasteiger partial charge in [-0.05, 0) is 49.8 Å². The molecule has 0 aromatic heterocycles. The quantitative estimate of drug-likeness (QED) is 0.449. The lowest BCUT2D eigenvalue weighted by molar-refractivity contribution is 0.0129. The first-order valence-corrected chi connectivity index (χ1v) is 7.55. The molecule has 1 aromatic carbocycles. The van der Waals surface area contributed by atoms with Gasteiger partial charge in [0.2, 0.25) is 0 Å². The Morgan fingerprint density at radius 1 is 1.43 bits per heavy atom. The summed E-state index contributed by atoms with van der Waals surface area (Å²) in [5.41, 5.74) is 8.20. The SMILES string of the molecule is CCc1cccc(NC(N)=NCCC2CCCCO2)c1.I.